The average Bonchev–Trinajstić information content (AvgIpc) is 2.55. The topological polar surface area (TPSA) is 166 Å². The summed E-state index contributed by atoms with van der Waals surface area (Å²) in [6.45, 7) is 2.99. The maximum absolute atomic E-state index is 10.7. The van der Waals surface area contributed by atoms with E-state index >= 15 is 0 Å². The number of aliphatic hydroxyl groups excluding tert-OH is 4. The van der Waals surface area contributed by atoms with Crippen molar-refractivity contribution in [3.8, 4) is 0 Å². The van der Waals surface area contributed by atoms with Gasteiger partial charge >= 0.3 is 10.4 Å². The first-order valence-corrected chi connectivity index (χ1v) is 9.75. The van der Waals surface area contributed by atoms with E-state index in [-0.39, 0.29) is 11.5 Å². The van der Waals surface area contributed by atoms with Crippen molar-refractivity contribution in [2.75, 3.05) is 6.61 Å². The lowest BCUT2D eigenvalue weighted by atomic mass is 10.0. The second-order valence-electron chi connectivity index (χ2n) is 5.34. The van der Waals surface area contributed by atoms with Crippen LogP contribution in [0.4, 0.5) is 0 Å². The molecule has 0 saturated carbocycles. The molecule has 5 unspecified atom stereocenters. The zero-order chi connectivity index (χ0) is 19.0. The highest BCUT2D eigenvalue weighted by Gasteiger charge is 2.44. The highest BCUT2D eigenvalue weighted by atomic mass is 32.3. The summed E-state index contributed by atoms with van der Waals surface area (Å²) in [5.74, 6) is 0. The number of hydrogen-bond donors (Lipinski definition) is 5. The number of allylic oxidation sites excluding steroid dienone is 1. The van der Waals surface area contributed by atoms with Gasteiger partial charge in [-0.15, -0.1) is 6.58 Å². The second kappa shape index (κ2) is 10.4. The van der Waals surface area contributed by atoms with Gasteiger partial charge in [-0.3, -0.25) is 4.55 Å². The van der Waals surface area contributed by atoms with E-state index in [9.17, 15) is 23.7 Å². The van der Waals surface area contributed by atoms with Crippen molar-refractivity contribution >= 4 is 27.2 Å². The third-order valence-electron chi connectivity index (χ3n) is 3.38. The zero-order valence-electron chi connectivity index (χ0n) is 13.3. The van der Waals surface area contributed by atoms with Crippen LogP contribution >= 0.6 is 11.8 Å². The Kier molecular flexibility index (Phi) is 9.30. The molecular weight excluding hydrogens is 378 g/mol. The van der Waals surface area contributed by atoms with Crippen molar-refractivity contribution in [3.63, 3.8) is 0 Å². The Bertz CT molecular complexity index is 552. The summed E-state index contributed by atoms with van der Waals surface area (Å²) in [5.41, 5.74) is -1.13. The lowest BCUT2D eigenvalue weighted by Crippen LogP contribution is -2.57. The summed E-state index contributed by atoms with van der Waals surface area (Å²) in [7, 11) is -4.79. The highest BCUT2D eigenvalue weighted by Crippen LogP contribution is 2.30. The summed E-state index contributed by atoms with van der Waals surface area (Å²) < 4.78 is 39.3. The molecule has 1 aliphatic heterocycles. The molecule has 5 atom stereocenters. The smallest absolute Gasteiger partial charge is 0.394 e. The minimum Gasteiger partial charge on any atom is -0.394 e. The first-order chi connectivity index (χ1) is 11.7. The molecule has 0 spiro atoms. The molecule has 1 rings (SSSR count). The Labute approximate surface area is 150 Å². The van der Waals surface area contributed by atoms with Gasteiger partial charge in [-0.05, 0) is 25.7 Å². The fourth-order valence-electron chi connectivity index (χ4n) is 2.08. The normalized spacial score (nSPS) is 30.9. The fourth-order valence-corrected chi connectivity index (χ4v) is 3.42. The van der Waals surface area contributed by atoms with Crippen LogP contribution in [0.2, 0.25) is 0 Å². The van der Waals surface area contributed by atoms with Crippen molar-refractivity contribution in [1.82, 2.24) is 0 Å². The lowest BCUT2D eigenvalue weighted by molar-refractivity contribution is -0.205. The van der Waals surface area contributed by atoms with Crippen molar-refractivity contribution < 1.29 is 42.4 Å². The summed E-state index contributed by atoms with van der Waals surface area (Å²) >= 11 is 0.767. The Balaban J connectivity index is 2.81. The van der Waals surface area contributed by atoms with E-state index in [1.807, 2.05) is 0 Å². The maximum atomic E-state index is 10.7. The summed E-state index contributed by atoms with van der Waals surface area (Å²) in [6.07, 6.45) is -1.64. The number of thioether (sulfide) groups is 1. The van der Waals surface area contributed by atoms with Gasteiger partial charge in [-0.2, -0.15) is 8.42 Å². The number of ether oxygens (including phenoxy) is 1. The Morgan fingerprint density at radius 2 is 1.92 bits per heavy atom. The van der Waals surface area contributed by atoms with Crippen molar-refractivity contribution in [2.24, 2.45) is 5.16 Å². The molecule has 25 heavy (non-hydrogen) atoms. The van der Waals surface area contributed by atoms with Gasteiger partial charge in [0.25, 0.3) is 0 Å². The number of unbranched alkanes of at least 4 members (excludes halogenated alkanes) is 2. The van der Waals surface area contributed by atoms with E-state index in [4.69, 9.17) is 14.4 Å². The van der Waals surface area contributed by atoms with Crippen LogP contribution in [-0.4, -0.2) is 74.9 Å². The summed E-state index contributed by atoms with van der Waals surface area (Å²) in [5, 5.41) is 42.1. The van der Waals surface area contributed by atoms with Gasteiger partial charge in [-0.25, -0.2) is 4.28 Å². The van der Waals surface area contributed by atoms with Gasteiger partial charge in [0.15, 0.2) is 0 Å². The lowest BCUT2D eigenvalue weighted by Gasteiger charge is -2.39. The third-order valence-corrected chi connectivity index (χ3v) is 4.82. The molecule has 1 heterocycles. The van der Waals surface area contributed by atoms with E-state index in [1.54, 1.807) is 6.08 Å². The Hall–Kier alpha value is -0.730. The highest BCUT2D eigenvalue weighted by molar-refractivity contribution is 8.14. The number of nitrogens with zero attached hydrogens (tertiary/aromatic N) is 1. The zero-order valence-corrected chi connectivity index (χ0v) is 15.0. The van der Waals surface area contributed by atoms with Gasteiger partial charge in [0.2, 0.25) is 0 Å². The average molecular weight is 401 g/mol. The molecule has 12 heteroatoms. The fraction of sp³-hybridized carbons (Fsp3) is 0.769. The van der Waals surface area contributed by atoms with E-state index < -0.39 is 46.9 Å². The SMILES string of the molecule is C=CCCCC/C(=N\OS(=O)(=O)O)SC1OC(CO)C(O)C(O)C1O. The number of aliphatic hydroxyl groups is 4. The monoisotopic (exact) mass is 401 g/mol. The standard InChI is InChI=1S/C13H23NO9S2/c1-2-3-4-5-6-9(14-23-25(19,20)21)24-13-12(18)11(17)10(16)8(7-15)22-13/h2,8,10-13,15-18H,1,3-7H2,(H,19,20,21)/b14-9+. The largest absolute Gasteiger partial charge is 0.466 e. The molecule has 0 aromatic rings. The molecule has 0 aromatic heterocycles. The molecule has 5 N–H and O–H groups in total. The summed E-state index contributed by atoms with van der Waals surface area (Å²) in [6, 6.07) is 0. The van der Waals surface area contributed by atoms with Gasteiger partial charge < -0.3 is 25.2 Å². The summed E-state index contributed by atoms with van der Waals surface area (Å²) in [4.78, 5) is 0. The van der Waals surface area contributed by atoms with E-state index in [1.165, 1.54) is 0 Å². The van der Waals surface area contributed by atoms with E-state index in [2.05, 4.69) is 16.0 Å². The van der Waals surface area contributed by atoms with E-state index in [0.29, 0.717) is 6.42 Å². The minimum atomic E-state index is -4.79. The van der Waals surface area contributed by atoms with Crippen LogP contribution in [0.3, 0.4) is 0 Å². The third kappa shape index (κ3) is 7.58. The molecule has 146 valence electrons. The van der Waals surface area contributed by atoms with E-state index in [0.717, 1.165) is 24.6 Å². The van der Waals surface area contributed by atoms with Crippen LogP contribution < -0.4 is 0 Å². The van der Waals surface area contributed by atoms with Gasteiger partial charge in [0, 0.05) is 0 Å². The Morgan fingerprint density at radius 1 is 1.24 bits per heavy atom. The predicted octanol–water partition coefficient (Wildman–Crippen LogP) is -0.601. The van der Waals surface area contributed by atoms with Crippen molar-refractivity contribution in [1.29, 1.82) is 0 Å². The quantitative estimate of drug-likeness (QED) is 0.0840. The van der Waals surface area contributed by atoms with Gasteiger partial charge in [-0.1, -0.05) is 23.0 Å². The molecule has 0 radical (unpaired) electrons. The van der Waals surface area contributed by atoms with Crippen LogP contribution in [0.15, 0.2) is 17.8 Å². The first-order valence-electron chi connectivity index (χ1n) is 7.50. The predicted molar refractivity (Wildman–Crippen MR) is 90.1 cm³/mol. The molecule has 0 aromatic carbocycles. The van der Waals surface area contributed by atoms with Crippen LogP contribution in [0.5, 0.6) is 0 Å². The van der Waals surface area contributed by atoms with Crippen LogP contribution in [-0.2, 0) is 19.4 Å². The maximum Gasteiger partial charge on any atom is 0.466 e. The van der Waals surface area contributed by atoms with Crippen molar-refractivity contribution in [3.05, 3.63) is 12.7 Å². The molecule has 10 nitrogen and oxygen atoms in total. The molecule has 0 amide bonds. The molecule has 0 aliphatic carbocycles. The molecule has 1 fully saturated rings. The van der Waals surface area contributed by atoms with Crippen LogP contribution in [0, 0.1) is 0 Å². The Morgan fingerprint density at radius 3 is 2.48 bits per heavy atom. The van der Waals surface area contributed by atoms with Crippen LogP contribution in [0.25, 0.3) is 0 Å². The number of oxime groups is 1. The minimum absolute atomic E-state index is 0.0889. The second-order valence-corrected chi connectivity index (χ2v) is 7.51. The molecule has 0 bridgehead atoms. The molecular formula is C13H23NO9S2. The molecule has 1 saturated heterocycles. The number of rotatable bonds is 9. The molecule has 1 aliphatic rings. The van der Waals surface area contributed by atoms with Gasteiger partial charge in [0.1, 0.15) is 34.9 Å². The van der Waals surface area contributed by atoms with Gasteiger partial charge in [0.05, 0.1) is 6.61 Å². The first kappa shape index (κ1) is 22.3. The van der Waals surface area contributed by atoms with Crippen LogP contribution in [0.1, 0.15) is 25.7 Å². The number of hydrogen-bond acceptors (Lipinski definition) is 10. The van der Waals surface area contributed by atoms with Crippen molar-refractivity contribution in [2.45, 2.75) is 55.5 Å².